The number of methoxy groups -OCH3 is 1. The summed E-state index contributed by atoms with van der Waals surface area (Å²) in [6.07, 6.45) is 1.46. The molecule has 0 aliphatic heterocycles. The highest BCUT2D eigenvalue weighted by Gasteiger charge is 2.13. The lowest BCUT2D eigenvalue weighted by molar-refractivity contribution is -0.153. The SMILES string of the molecule is CCOC(=O)C(=O)CCCCOc1ccccc1OC. The van der Waals surface area contributed by atoms with Crippen LogP contribution in [0.15, 0.2) is 24.3 Å². The fourth-order valence-electron chi connectivity index (χ4n) is 1.62. The molecule has 0 radical (unpaired) electrons. The van der Waals surface area contributed by atoms with Gasteiger partial charge in [0.15, 0.2) is 11.5 Å². The Balaban J connectivity index is 2.22. The van der Waals surface area contributed by atoms with Crippen LogP contribution in [-0.2, 0) is 14.3 Å². The van der Waals surface area contributed by atoms with Crippen LogP contribution >= 0.6 is 0 Å². The molecule has 1 aromatic carbocycles. The zero-order valence-corrected chi connectivity index (χ0v) is 11.9. The highest BCUT2D eigenvalue weighted by Crippen LogP contribution is 2.25. The van der Waals surface area contributed by atoms with E-state index in [4.69, 9.17) is 9.47 Å². The summed E-state index contributed by atoms with van der Waals surface area (Å²) < 4.78 is 15.3. The predicted molar refractivity (Wildman–Crippen MR) is 74.0 cm³/mol. The first-order valence-corrected chi connectivity index (χ1v) is 6.64. The summed E-state index contributed by atoms with van der Waals surface area (Å²) in [5, 5.41) is 0. The van der Waals surface area contributed by atoms with Crippen molar-refractivity contribution in [1.29, 1.82) is 0 Å². The largest absolute Gasteiger partial charge is 0.493 e. The molecule has 0 aliphatic carbocycles. The molecule has 0 bridgehead atoms. The fourth-order valence-corrected chi connectivity index (χ4v) is 1.62. The molecule has 1 rings (SSSR count). The van der Waals surface area contributed by atoms with Gasteiger partial charge in [-0.1, -0.05) is 12.1 Å². The number of para-hydroxylation sites is 2. The molecular formula is C15H20O5. The van der Waals surface area contributed by atoms with Crippen molar-refractivity contribution >= 4 is 11.8 Å². The van der Waals surface area contributed by atoms with E-state index in [9.17, 15) is 9.59 Å². The summed E-state index contributed by atoms with van der Waals surface area (Å²) in [5.74, 6) is 0.115. The lowest BCUT2D eigenvalue weighted by atomic mass is 10.2. The Morgan fingerprint density at radius 1 is 1.10 bits per heavy atom. The van der Waals surface area contributed by atoms with E-state index in [-0.39, 0.29) is 13.0 Å². The molecular weight excluding hydrogens is 260 g/mol. The third-order valence-corrected chi connectivity index (χ3v) is 2.63. The van der Waals surface area contributed by atoms with Gasteiger partial charge in [0, 0.05) is 6.42 Å². The summed E-state index contributed by atoms with van der Waals surface area (Å²) in [5.41, 5.74) is 0. The van der Waals surface area contributed by atoms with Crippen molar-refractivity contribution in [3.05, 3.63) is 24.3 Å². The zero-order valence-electron chi connectivity index (χ0n) is 11.9. The van der Waals surface area contributed by atoms with Crippen molar-refractivity contribution in [2.75, 3.05) is 20.3 Å². The first-order valence-electron chi connectivity index (χ1n) is 6.64. The molecule has 0 atom stereocenters. The third-order valence-electron chi connectivity index (χ3n) is 2.63. The molecule has 0 N–H and O–H groups in total. The molecule has 110 valence electrons. The summed E-state index contributed by atoms with van der Waals surface area (Å²) in [6, 6.07) is 7.37. The summed E-state index contributed by atoms with van der Waals surface area (Å²) in [4.78, 5) is 22.4. The van der Waals surface area contributed by atoms with E-state index in [0.717, 1.165) is 0 Å². The van der Waals surface area contributed by atoms with Crippen LogP contribution in [0.4, 0.5) is 0 Å². The van der Waals surface area contributed by atoms with E-state index in [1.165, 1.54) is 0 Å². The fraction of sp³-hybridized carbons (Fsp3) is 0.467. The number of carbonyl (C=O) groups excluding carboxylic acids is 2. The summed E-state index contributed by atoms with van der Waals surface area (Å²) >= 11 is 0. The van der Waals surface area contributed by atoms with E-state index in [0.29, 0.717) is 30.9 Å². The van der Waals surface area contributed by atoms with Gasteiger partial charge in [-0.3, -0.25) is 4.79 Å². The lowest BCUT2D eigenvalue weighted by Gasteiger charge is -2.09. The number of ether oxygens (including phenoxy) is 3. The average Bonchev–Trinajstić information content (AvgIpc) is 2.47. The quantitative estimate of drug-likeness (QED) is 0.395. The molecule has 0 saturated heterocycles. The number of hydrogen-bond donors (Lipinski definition) is 0. The topological polar surface area (TPSA) is 61.8 Å². The standard InChI is InChI=1S/C15H20O5/c1-3-19-15(17)12(16)8-6-7-11-20-14-10-5-4-9-13(14)18-2/h4-5,9-10H,3,6-8,11H2,1-2H3. The number of carbonyl (C=O) groups is 2. The molecule has 0 unspecified atom stereocenters. The Bertz CT molecular complexity index is 442. The van der Waals surface area contributed by atoms with Crippen molar-refractivity contribution in [1.82, 2.24) is 0 Å². The van der Waals surface area contributed by atoms with Crippen molar-refractivity contribution in [3.63, 3.8) is 0 Å². The number of rotatable bonds is 9. The summed E-state index contributed by atoms with van der Waals surface area (Å²) in [6.45, 7) is 2.37. The molecule has 20 heavy (non-hydrogen) atoms. The van der Waals surface area contributed by atoms with Crippen LogP contribution < -0.4 is 9.47 Å². The Kier molecular flexibility index (Phi) is 7.17. The van der Waals surface area contributed by atoms with Crippen LogP contribution in [0.2, 0.25) is 0 Å². The molecule has 0 aliphatic rings. The van der Waals surface area contributed by atoms with Gasteiger partial charge in [-0.15, -0.1) is 0 Å². The minimum absolute atomic E-state index is 0.189. The van der Waals surface area contributed by atoms with Crippen LogP contribution in [0.3, 0.4) is 0 Å². The van der Waals surface area contributed by atoms with E-state index >= 15 is 0 Å². The van der Waals surface area contributed by atoms with E-state index in [2.05, 4.69) is 4.74 Å². The second-order valence-corrected chi connectivity index (χ2v) is 4.10. The van der Waals surface area contributed by atoms with Gasteiger partial charge in [-0.25, -0.2) is 4.79 Å². The maximum Gasteiger partial charge on any atom is 0.374 e. The van der Waals surface area contributed by atoms with Gasteiger partial charge in [0.2, 0.25) is 5.78 Å². The first kappa shape index (κ1) is 16.0. The Labute approximate surface area is 118 Å². The van der Waals surface area contributed by atoms with Gasteiger partial charge in [-0.2, -0.15) is 0 Å². The van der Waals surface area contributed by atoms with Gasteiger partial charge < -0.3 is 14.2 Å². The predicted octanol–water partition coefficient (Wildman–Crippen LogP) is 2.38. The number of Topliss-reactive ketones (excluding diaryl/α,β-unsaturated/α-hetero) is 1. The molecule has 0 aromatic heterocycles. The summed E-state index contributed by atoms with van der Waals surface area (Å²) in [7, 11) is 1.58. The molecule has 1 aromatic rings. The van der Waals surface area contributed by atoms with Gasteiger partial charge >= 0.3 is 5.97 Å². The Hall–Kier alpha value is -2.04. The number of hydrogen-bond acceptors (Lipinski definition) is 5. The van der Waals surface area contributed by atoms with Gasteiger partial charge in [0.1, 0.15) is 0 Å². The van der Waals surface area contributed by atoms with Crippen molar-refractivity contribution < 1.29 is 23.8 Å². The van der Waals surface area contributed by atoms with Crippen LogP contribution in [0.5, 0.6) is 11.5 Å². The Morgan fingerprint density at radius 3 is 2.45 bits per heavy atom. The minimum Gasteiger partial charge on any atom is -0.493 e. The number of ketones is 1. The maximum atomic E-state index is 11.3. The third kappa shape index (κ3) is 5.30. The van der Waals surface area contributed by atoms with E-state index in [1.807, 2.05) is 24.3 Å². The molecule has 0 amide bonds. The smallest absolute Gasteiger partial charge is 0.374 e. The zero-order chi connectivity index (χ0) is 14.8. The number of esters is 1. The van der Waals surface area contributed by atoms with Crippen molar-refractivity contribution in [2.45, 2.75) is 26.2 Å². The minimum atomic E-state index is -0.752. The molecule has 0 fully saturated rings. The Morgan fingerprint density at radius 2 is 1.80 bits per heavy atom. The van der Waals surface area contributed by atoms with Crippen LogP contribution in [0.25, 0.3) is 0 Å². The van der Waals surface area contributed by atoms with Crippen LogP contribution in [-0.4, -0.2) is 32.1 Å². The molecule has 0 spiro atoms. The molecule has 5 nitrogen and oxygen atoms in total. The van der Waals surface area contributed by atoms with Gasteiger partial charge in [0.25, 0.3) is 0 Å². The lowest BCUT2D eigenvalue weighted by Crippen LogP contribution is -2.17. The maximum absolute atomic E-state index is 11.3. The number of unbranched alkanes of at least 4 members (excludes halogenated alkanes) is 1. The second-order valence-electron chi connectivity index (χ2n) is 4.10. The molecule has 0 saturated carbocycles. The average molecular weight is 280 g/mol. The van der Waals surface area contributed by atoms with Gasteiger partial charge in [-0.05, 0) is 31.9 Å². The number of benzene rings is 1. The highest BCUT2D eigenvalue weighted by molar-refractivity contribution is 6.33. The highest BCUT2D eigenvalue weighted by atomic mass is 16.5. The second kappa shape index (κ2) is 8.96. The molecule has 0 heterocycles. The monoisotopic (exact) mass is 280 g/mol. The van der Waals surface area contributed by atoms with Gasteiger partial charge in [0.05, 0.1) is 20.3 Å². The van der Waals surface area contributed by atoms with E-state index < -0.39 is 11.8 Å². The van der Waals surface area contributed by atoms with Crippen molar-refractivity contribution in [2.24, 2.45) is 0 Å². The van der Waals surface area contributed by atoms with E-state index in [1.54, 1.807) is 14.0 Å². The van der Waals surface area contributed by atoms with Crippen LogP contribution in [0, 0.1) is 0 Å². The van der Waals surface area contributed by atoms with Crippen molar-refractivity contribution in [3.8, 4) is 11.5 Å². The van der Waals surface area contributed by atoms with Crippen LogP contribution in [0.1, 0.15) is 26.2 Å². The normalized spacial score (nSPS) is 9.90. The molecule has 5 heteroatoms. The first-order chi connectivity index (χ1) is 9.69.